The second kappa shape index (κ2) is 8.84. The Morgan fingerprint density at radius 3 is 2.69 bits per heavy atom. The summed E-state index contributed by atoms with van der Waals surface area (Å²) in [5.74, 6) is 0.416. The fourth-order valence-corrected chi connectivity index (χ4v) is 3.67. The Morgan fingerprint density at radius 2 is 2.00 bits per heavy atom. The van der Waals surface area contributed by atoms with Gasteiger partial charge in [0, 0.05) is 17.1 Å². The molecule has 3 rings (SSSR count). The number of hydrogen-bond donors (Lipinski definition) is 2. The highest BCUT2D eigenvalue weighted by molar-refractivity contribution is 9.10. The largest absolute Gasteiger partial charge is 0.480 e. The molecule has 2 aromatic carbocycles. The van der Waals surface area contributed by atoms with Crippen molar-refractivity contribution in [2.75, 3.05) is 0 Å². The zero-order chi connectivity index (χ0) is 21.1. The average molecular weight is 480 g/mol. The predicted molar refractivity (Wildman–Crippen MR) is 115 cm³/mol. The zero-order valence-corrected chi connectivity index (χ0v) is 18.5. The minimum absolute atomic E-state index is 0.396. The normalized spacial score (nSPS) is 11.9. The highest BCUT2D eigenvalue weighted by Crippen LogP contribution is 2.28. The summed E-state index contributed by atoms with van der Waals surface area (Å²) in [4.78, 5) is 29.1. The molecule has 0 bridgehead atoms. The minimum Gasteiger partial charge on any atom is -0.480 e. The number of carbonyl (C=O) groups is 2. The SMILES string of the molecule is CCn1c(C)nc2cc(C(=O)NNC(=O)C(C)Oc3ccc(Cl)cc3Br)ccc21. The summed E-state index contributed by atoms with van der Waals surface area (Å²) in [6, 6.07) is 10.2. The molecule has 0 aliphatic heterocycles. The van der Waals surface area contributed by atoms with Crippen molar-refractivity contribution < 1.29 is 14.3 Å². The first kappa shape index (κ1) is 21.1. The van der Waals surface area contributed by atoms with Gasteiger partial charge in [-0.25, -0.2) is 4.98 Å². The van der Waals surface area contributed by atoms with Crippen LogP contribution in [0.1, 0.15) is 30.0 Å². The number of hydrazine groups is 1. The summed E-state index contributed by atoms with van der Waals surface area (Å²) in [5.41, 5.74) is 6.87. The molecule has 0 fully saturated rings. The van der Waals surface area contributed by atoms with Crippen molar-refractivity contribution in [2.24, 2.45) is 0 Å². The van der Waals surface area contributed by atoms with Gasteiger partial charge in [-0.3, -0.25) is 20.4 Å². The lowest BCUT2D eigenvalue weighted by Gasteiger charge is -2.16. The Hall–Kier alpha value is -2.58. The van der Waals surface area contributed by atoms with Crippen LogP contribution in [-0.2, 0) is 11.3 Å². The monoisotopic (exact) mass is 478 g/mol. The van der Waals surface area contributed by atoms with Crippen LogP contribution < -0.4 is 15.6 Å². The van der Waals surface area contributed by atoms with Gasteiger partial charge in [0.2, 0.25) is 0 Å². The molecular weight excluding hydrogens is 460 g/mol. The van der Waals surface area contributed by atoms with Gasteiger partial charge in [0.15, 0.2) is 6.10 Å². The maximum Gasteiger partial charge on any atom is 0.279 e. The van der Waals surface area contributed by atoms with Crippen LogP contribution in [0.15, 0.2) is 40.9 Å². The first-order valence-electron chi connectivity index (χ1n) is 8.99. The number of nitrogens with zero attached hydrogens (tertiary/aromatic N) is 2. The van der Waals surface area contributed by atoms with Gasteiger partial charge < -0.3 is 9.30 Å². The van der Waals surface area contributed by atoms with Crippen LogP contribution in [0.2, 0.25) is 5.02 Å². The van der Waals surface area contributed by atoms with E-state index in [-0.39, 0.29) is 0 Å². The Kier molecular flexibility index (Phi) is 6.44. The Balaban J connectivity index is 1.62. The number of aryl methyl sites for hydroxylation is 2. The number of benzene rings is 2. The topological polar surface area (TPSA) is 85.3 Å². The fraction of sp³-hybridized carbons (Fsp3) is 0.250. The zero-order valence-electron chi connectivity index (χ0n) is 16.1. The number of aromatic nitrogens is 2. The van der Waals surface area contributed by atoms with Crippen molar-refractivity contribution >= 4 is 50.4 Å². The molecule has 3 aromatic rings. The van der Waals surface area contributed by atoms with E-state index >= 15 is 0 Å². The molecule has 2 N–H and O–H groups in total. The number of rotatable bonds is 5. The lowest BCUT2D eigenvalue weighted by Crippen LogP contribution is -2.47. The minimum atomic E-state index is -0.835. The van der Waals surface area contributed by atoms with Crippen LogP contribution in [0.5, 0.6) is 5.75 Å². The van der Waals surface area contributed by atoms with E-state index in [1.54, 1.807) is 37.3 Å². The summed E-state index contributed by atoms with van der Waals surface area (Å²) in [7, 11) is 0. The number of carbonyl (C=O) groups excluding carboxylic acids is 2. The Labute approximate surface area is 181 Å². The molecule has 0 aliphatic carbocycles. The van der Waals surface area contributed by atoms with Gasteiger partial charge in [-0.15, -0.1) is 0 Å². The molecule has 9 heteroatoms. The van der Waals surface area contributed by atoms with E-state index in [1.165, 1.54) is 0 Å². The van der Waals surface area contributed by atoms with Crippen molar-refractivity contribution in [2.45, 2.75) is 33.4 Å². The quantitative estimate of drug-likeness (QED) is 0.542. The van der Waals surface area contributed by atoms with Crippen LogP contribution in [0, 0.1) is 6.92 Å². The number of nitrogens with one attached hydrogen (secondary N) is 2. The van der Waals surface area contributed by atoms with Crippen molar-refractivity contribution in [1.82, 2.24) is 20.4 Å². The highest BCUT2D eigenvalue weighted by Gasteiger charge is 2.18. The van der Waals surface area contributed by atoms with E-state index in [0.717, 1.165) is 23.4 Å². The number of halogens is 2. The van der Waals surface area contributed by atoms with Gasteiger partial charge in [0.25, 0.3) is 11.8 Å². The van der Waals surface area contributed by atoms with E-state index in [9.17, 15) is 9.59 Å². The van der Waals surface area contributed by atoms with Gasteiger partial charge in [-0.1, -0.05) is 11.6 Å². The molecule has 0 saturated carbocycles. The summed E-state index contributed by atoms with van der Waals surface area (Å²) in [6.45, 7) is 6.33. The van der Waals surface area contributed by atoms with Crippen LogP contribution >= 0.6 is 27.5 Å². The summed E-state index contributed by atoms with van der Waals surface area (Å²) < 4.78 is 8.29. The van der Waals surface area contributed by atoms with Gasteiger partial charge in [-0.05, 0) is 73.1 Å². The van der Waals surface area contributed by atoms with Gasteiger partial charge in [0.1, 0.15) is 11.6 Å². The third kappa shape index (κ3) is 4.71. The van der Waals surface area contributed by atoms with Crippen molar-refractivity contribution in [3.63, 3.8) is 0 Å². The maximum atomic E-state index is 12.4. The molecule has 1 heterocycles. The third-order valence-corrected chi connectivity index (χ3v) is 5.24. The maximum absolute atomic E-state index is 12.4. The van der Waals surface area contributed by atoms with Gasteiger partial charge in [0.05, 0.1) is 15.5 Å². The molecule has 1 atom stereocenters. The first-order valence-corrected chi connectivity index (χ1v) is 10.2. The van der Waals surface area contributed by atoms with E-state index in [2.05, 4.69) is 36.3 Å². The van der Waals surface area contributed by atoms with Crippen LogP contribution in [0.25, 0.3) is 11.0 Å². The molecule has 0 spiro atoms. The molecule has 1 unspecified atom stereocenters. The van der Waals surface area contributed by atoms with Gasteiger partial charge in [-0.2, -0.15) is 0 Å². The molecule has 7 nitrogen and oxygen atoms in total. The Morgan fingerprint density at radius 1 is 1.24 bits per heavy atom. The molecule has 152 valence electrons. The molecule has 29 heavy (non-hydrogen) atoms. The number of imidazole rings is 1. The smallest absolute Gasteiger partial charge is 0.279 e. The molecule has 0 aliphatic rings. The van der Waals surface area contributed by atoms with Crippen LogP contribution in [0.4, 0.5) is 0 Å². The standard InChI is InChI=1S/C20H20BrClN4O3/c1-4-26-12(3)23-16-9-13(5-7-17(16)26)20(28)25-24-19(27)11(2)29-18-8-6-14(22)10-15(18)21/h5-11H,4H2,1-3H3,(H,24,27)(H,25,28). The van der Waals surface area contributed by atoms with Crippen LogP contribution in [0.3, 0.4) is 0 Å². The highest BCUT2D eigenvalue weighted by atomic mass is 79.9. The van der Waals surface area contributed by atoms with E-state index < -0.39 is 17.9 Å². The Bertz CT molecular complexity index is 1080. The number of fused-ring (bicyclic) bond motifs is 1. The molecule has 0 saturated heterocycles. The van der Waals surface area contributed by atoms with Gasteiger partial charge >= 0.3 is 0 Å². The average Bonchev–Trinajstić information content (AvgIpc) is 3.01. The third-order valence-electron chi connectivity index (χ3n) is 4.38. The predicted octanol–water partition coefficient (Wildman–Crippen LogP) is 4.01. The van der Waals surface area contributed by atoms with E-state index in [0.29, 0.717) is 20.8 Å². The number of amides is 2. The molecule has 2 amide bonds. The van der Waals surface area contributed by atoms with Crippen molar-refractivity contribution in [3.8, 4) is 5.75 Å². The second-order valence-corrected chi connectivity index (χ2v) is 7.68. The van der Waals surface area contributed by atoms with Crippen molar-refractivity contribution in [3.05, 3.63) is 57.3 Å². The number of ether oxygens (including phenoxy) is 1. The van der Waals surface area contributed by atoms with E-state index in [1.807, 2.05) is 19.9 Å². The first-order chi connectivity index (χ1) is 13.8. The molecule has 1 aromatic heterocycles. The second-order valence-electron chi connectivity index (χ2n) is 6.38. The summed E-state index contributed by atoms with van der Waals surface area (Å²) in [5, 5.41) is 0.546. The number of hydrogen-bond acceptors (Lipinski definition) is 4. The lowest BCUT2D eigenvalue weighted by atomic mass is 10.2. The van der Waals surface area contributed by atoms with E-state index in [4.69, 9.17) is 16.3 Å². The van der Waals surface area contributed by atoms with Crippen LogP contribution in [-0.4, -0.2) is 27.5 Å². The summed E-state index contributed by atoms with van der Waals surface area (Å²) in [6.07, 6.45) is -0.835. The fourth-order valence-electron chi connectivity index (χ4n) is 2.90. The lowest BCUT2D eigenvalue weighted by molar-refractivity contribution is -0.128. The summed E-state index contributed by atoms with van der Waals surface area (Å²) >= 11 is 9.23. The molecule has 0 radical (unpaired) electrons. The molecular formula is C20H20BrClN4O3. The van der Waals surface area contributed by atoms with Crippen molar-refractivity contribution in [1.29, 1.82) is 0 Å².